The van der Waals surface area contributed by atoms with Gasteiger partial charge in [-0.2, -0.15) is 0 Å². The van der Waals surface area contributed by atoms with Gasteiger partial charge >= 0.3 is 11.9 Å². The maximum atomic E-state index is 12.9. The van der Waals surface area contributed by atoms with Crippen LogP contribution in [0.4, 0.5) is 0 Å². The van der Waals surface area contributed by atoms with E-state index in [0.29, 0.717) is 25.8 Å². The average molecular weight is 1170 g/mol. The molecular weight excluding hydrogens is 1080 g/mol. The van der Waals surface area contributed by atoms with Gasteiger partial charge in [0.1, 0.15) is 36.4 Å². The van der Waals surface area contributed by atoms with Gasteiger partial charge in [-0.25, -0.2) is 0 Å². The third kappa shape index (κ3) is 22.1. The molecule has 0 aromatic rings. The van der Waals surface area contributed by atoms with Gasteiger partial charge in [-0.3, -0.25) is 14.5 Å². The standard InChI is InChI=1S/C58H96N2O22/c1-34-20-17-15-13-11-9-7-8-10-12-14-16-18-21-41(81-56-53(72)49(51(70)37(4)80-56)60(25-19-24-59(5)6)33-58(77)54(73)52(71)45(67)32-78-58)29-46-48(55(74)75)44(66)31-57(76,82-46)30-43(65)42(64)23-22-38(61)26-39(62)27-40(63)28-47(68)79-36(3)35(2)50(34)69/h7-8,10,12-18,20-21,34-46,48-54,56,61-67,69-73,76-77H,9,11,19,22-33H2,1-6H3,(H,74,75)/b8-7+,12-10+,15-13+,16-14+,20-17+,21-18+/t34-,35-,36-,37+,38+,39+,40+,41-,42+,43+,44-,45+,46-,48+,49-,50+,51+,52+,53-,54-,56+,57+,58+/m0/s1. The van der Waals surface area contributed by atoms with Crippen LogP contribution in [0.25, 0.3) is 0 Å². The molecule has 0 aromatic heterocycles. The van der Waals surface area contributed by atoms with Gasteiger partial charge in [-0.15, -0.1) is 0 Å². The van der Waals surface area contributed by atoms with E-state index in [-0.39, 0.29) is 38.1 Å². The number of carbonyl (C=O) groups is 2. The number of aliphatic hydroxyl groups excluding tert-OH is 12. The van der Waals surface area contributed by atoms with Gasteiger partial charge < -0.3 is 105 Å². The third-order valence-electron chi connectivity index (χ3n) is 15.7. The Kier molecular flexibility index (Phi) is 29.5. The molecule has 0 aliphatic carbocycles. The average Bonchev–Trinajstić information content (AvgIpc) is 3.54. The first-order chi connectivity index (χ1) is 38.6. The highest BCUT2D eigenvalue weighted by Gasteiger charge is 2.55. The summed E-state index contributed by atoms with van der Waals surface area (Å²) in [5.74, 6) is -9.67. The number of esters is 1. The van der Waals surface area contributed by atoms with Gasteiger partial charge in [0.25, 0.3) is 0 Å². The van der Waals surface area contributed by atoms with Crippen LogP contribution in [0, 0.1) is 17.8 Å². The van der Waals surface area contributed by atoms with Crippen LogP contribution in [0.5, 0.6) is 0 Å². The van der Waals surface area contributed by atoms with Gasteiger partial charge in [0, 0.05) is 37.6 Å². The van der Waals surface area contributed by atoms with Crippen LogP contribution in [0.2, 0.25) is 0 Å². The smallest absolute Gasteiger partial charge is 0.311 e. The van der Waals surface area contributed by atoms with Crippen LogP contribution < -0.4 is 0 Å². The van der Waals surface area contributed by atoms with Gasteiger partial charge in [0.15, 0.2) is 12.1 Å². The lowest BCUT2D eigenvalue weighted by molar-refractivity contribution is -0.336. The summed E-state index contributed by atoms with van der Waals surface area (Å²) < 4.78 is 29.5. The number of allylic oxidation sites excluding steroid dienone is 10. The topological polar surface area (TPSA) is 390 Å². The number of ether oxygens (including phenoxy) is 5. The highest BCUT2D eigenvalue weighted by atomic mass is 16.7. The zero-order chi connectivity index (χ0) is 61.1. The molecule has 4 aliphatic heterocycles. The molecule has 470 valence electrons. The number of hydrogen-bond acceptors (Lipinski definition) is 23. The molecule has 23 atom stereocenters. The van der Waals surface area contributed by atoms with E-state index in [9.17, 15) is 86.2 Å². The molecule has 0 spiro atoms. The predicted molar refractivity (Wildman–Crippen MR) is 297 cm³/mol. The monoisotopic (exact) mass is 1170 g/mol. The summed E-state index contributed by atoms with van der Waals surface area (Å²) in [6.07, 6.45) is -5.25. The number of aliphatic hydroxyl groups is 14. The second kappa shape index (κ2) is 34.1. The summed E-state index contributed by atoms with van der Waals surface area (Å²) in [7, 11) is 3.65. The van der Waals surface area contributed by atoms with E-state index in [0.717, 1.165) is 0 Å². The van der Waals surface area contributed by atoms with Crippen molar-refractivity contribution in [1.82, 2.24) is 9.80 Å². The molecule has 3 fully saturated rings. The fraction of sp³-hybridized carbons (Fsp3) is 0.759. The summed E-state index contributed by atoms with van der Waals surface area (Å²) in [6.45, 7) is 6.16. The van der Waals surface area contributed by atoms with E-state index in [1.165, 1.54) is 17.9 Å². The maximum Gasteiger partial charge on any atom is 0.311 e. The Morgan fingerprint density at radius 3 is 1.94 bits per heavy atom. The molecule has 82 heavy (non-hydrogen) atoms. The minimum atomic E-state index is -2.49. The quantitative estimate of drug-likeness (QED) is 0.117. The highest BCUT2D eigenvalue weighted by molar-refractivity contribution is 5.71. The first-order valence-corrected chi connectivity index (χ1v) is 28.6. The Hall–Kier alpha value is -3.42. The van der Waals surface area contributed by atoms with Crippen molar-refractivity contribution >= 4 is 11.9 Å². The minimum Gasteiger partial charge on any atom is -0.481 e. The normalized spacial score (nSPS) is 44.2. The lowest BCUT2D eigenvalue weighted by atomic mass is 9.82. The lowest BCUT2D eigenvalue weighted by Crippen LogP contribution is -2.69. The number of aliphatic carboxylic acids is 1. The van der Waals surface area contributed by atoms with E-state index in [1.807, 2.05) is 62.4 Å². The van der Waals surface area contributed by atoms with Crippen LogP contribution in [0.15, 0.2) is 72.9 Å². The summed E-state index contributed by atoms with van der Waals surface area (Å²) in [5, 5.41) is 166. The van der Waals surface area contributed by atoms with Crippen molar-refractivity contribution in [3.05, 3.63) is 72.9 Å². The first kappa shape index (κ1) is 71.1. The second-order valence-electron chi connectivity index (χ2n) is 23.0. The molecule has 15 N–H and O–H groups in total. The largest absolute Gasteiger partial charge is 0.481 e. The summed E-state index contributed by atoms with van der Waals surface area (Å²) >= 11 is 0. The molecule has 24 nitrogen and oxygen atoms in total. The molecule has 24 heteroatoms. The number of nitrogens with zero attached hydrogens (tertiary/aromatic N) is 2. The molecule has 4 rings (SSSR count). The number of hydrogen-bond donors (Lipinski definition) is 15. The third-order valence-corrected chi connectivity index (χ3v) is 15.7. The van der Waals surface area contributed by atoms with E-state index < -0.39 is 184 Å². The van der Waals surface area contributed by atoms with Crippen LogP contribution in [0.1, 0.15) is 98.3 Å². The Bertz CT molecular complexity index is 2100. The molecule has 0 unspecified atom stereocenters. The molecule has 0 amide bonds. The lowest BCUT2D eigenvalue weighted by Gasteiger charge is -2.50. The molecule has 0 saturated carbocycles. The molecule has 0 radical (unpaired) electrons. The zero-order valence-corrected chi connectivity index (χ0v) is 48.1. The van der Waals surface area contributed by atoms with Crippen LogP contribution >= 0.6 is 0 Å². The zero-order valence-electron chi connectivity index (χ0n) is 48.1. The van der Waals surface area contributed by atoms with Crippen LogP contribution in [-0.4, -0.2) is 260 Å². The number of carbonyl (C=O) groups excluding carboxylic acids is 1. The fourth-order valence-electron chi connectivity index (χ4n) is 10.7. The van der Waals surface area contributed by atoms with Crippen molar-refractivity contribution in [2.24, 2.45) is 17.8 Å². The Balaban J connectivity index is 1.64. The van der Waals surface area contributed by atoms with Crippen molar-refractivity contribution in [2.45, 2.75) is 220 Å². The van der Waals surface area contributed by atoms with E-state index in [2.05, 4.69) is 0 Å². The van der Waals surface area contributed by atoms with Crippen molar-refractivity contribution in [3.8, 4) is 0 Å². The fourth-order valence-corrected chi connectivity index (χ4v) is 10.7. The number of fused-ring (bicyclic) bond motifs is 2. The second-order valence-corrected chi connectivity index (χ2v) is 23.0. The van der Waals surface area contributed by atoms with Crippen molar-refractivity contribution < 1.29 is 110 Å². The summed E-state index contributed by atoms with van der Waals surface area (Å²) in [5.41, 5.74) is 0. The van der Waals surface area contributed by atoms with Gasteiger partial charge in [-0.1, -0.05) is 86.8 Å². The molecule has 4 heterocycles. The van der Waals surface area contributed by atoms with Crippen molar-refractivity contribution in [1.29, 1.82) is 0 Å². The molecular formula is C58H96N2O22. The minimum absolute atomic E-state index is 0.0757. The number of carboxylic acids is 1. The SMILES string of the molecule is C[C@@H]1[C@H](O)[C@@H](C)/C=C/C=C/CC/C=C/C=C/C=C/C=C/[C@H](O[C@H]2O[C@H](C)[C@@H](O)[C@H](N(CCCN(C)C)C[C@@]3(O)OC[C@@H](O)[C@@H](O)[C@@H]3O)[C@@H]2O)C[C@@H]2O[C@](O)(C[C@@H](O)[C@H](O)CC[C@@H](O)C[C@@H](O)C[C@@H](O)CC(=O)O[C@H]1C)C[C@H](O)[C@H]2C(=O)O. The Labute approximate surface area is 481 Å². The first-order valence-electron chi connectivity index (χ1n) is 28.6. The predicted octanol–water partition coefficient (Wildman–Crippen LogP) is -0.968. The number of cyclic esters (lactones) is 1. The van der Waals surface area contributed by atoms with Gasteiger partial charge in [0.2, 0.25) is 5.79 Å². The van der Waals surface area contributed by atoms with E-state index in [4.69, 9.17) is 23.7 Å². The van der Waals surface area contributed by atoms with Gasteiger partial charge in [0.05, 0.1) is 92.8 Å². The molecule has 4 aliphatic rings. The van der Waals surface area contributed by atoms with Crippen molar-refractivity contribution in [2.75, 3.05) is 40.3 Å². The van der Waals surface area contributed by atoms with Crippen molar-refractivity contribution in [3.63, 3.8) is 0 Å². The van der Waals surface area contributed by atoms with Gasteiger partial charge in [-0.05, 0) is 79.4 Å². The van der Waals surface area contributed by atoms with Crippen LogP contribution in [-0.2, 0) is 33.3 Å². The molecule has 0 aromatic carbocycles. The highest BCUT2D eigenvalue weighted by Crippen LogP contribution is 2.39. The number of carboxylic acid groups (broad SMARTS) is 1. The van der Waals surface area contributed by atoms with Crippen LogP contribution in [0.3, 0.4) is 0 Å². The maximum absolute atomic E-state index is 12.9. The van der Waals surface area contributed by atoms with E-state index in [1.54, 1.807) is 44.2 Å². The summed E-state index contributed by atoms with van der Waals surface area (Å²) in [4.78, 5) is 28.9. The number of rotatable bonds is 10. The summed E-state index contributed by atoms with van der Waals surface area (Å²) in [6, 6.07) is -1.32. The molecule has 3 saturated heterocycles. The molecule has 2 bridgehead atoms. The Morgan fingerprint density at radius 2 is 1.28 bits per heavy atom. The van der Waals surface area contributed by atoms with E-state index >= 15 is 0 Å². The Morgan fingerprint density at radius 1 is 0.671 bits per heavy atom.